The number of methoxy groups -OCH3 is 1. The fourth-order valence-electron chi connectivity index (χ4n) is 3.23. The van der Waals surface area contributed by atoms with Crippen molar-refractivity contribution in [2.24, 2.45) is 5.10 Å². The first kappa shape index (κ1) is 16.3. The Balaban J connectivity index is 1.71. The van der Waals surface area contributed by atoms with E-state index in [1.165, 1.54) is 12.1 Å². The van der Waals surface area contributed by atoms with Crippen LogP contribution in [0.25, 0.3) is 0 Å². The highest BCUT2D eigenvalue weighted by Gasteiger charge is 2.29. The van der Waals surface area contributed by atoms with E-state index in [1.54, 1.807) is 19.2 Å². The minimum atomic E-state index is -0.237. The van der Waals surface area contributed by atoms with Crippen molar-refractivity contribution < 1.29 is 9.13 Å². The van der Waals surface area contributed by atoms with E-state index in [0.717, 1.165) is 34.7 Å². The molecule has 1 aliphatic heterocycles. The highest BCUT2D eigenvalue weighted by Crippen LogP contribution is 2.37. The summed E-state index contributed by atoms with van der Waals surface area (Å²) in [5, 5.41) is 6.90. The molecule has 0 radical (unpaired) electrons. The van der Waals surface area contributed by atoms with Crippen LogP contribution in [0.15, 0.2) is 84.0 Å². The van der Waals surface area contributed by atoms with Crippen LogP contribution < -0.4 is 9.75 Å². The Kier molecular flexibility index (Phi) is 4.40. The summed E-state index contributed by atoms with van der Waals surface area (Å²) in [6, 6.07) is 24.8. The lowest BCUT2D eigenvalue weighted by Gasteiger charge is -2.24. The van der Waals surface area contributed by atoms with Crippen LogP contribution in [0.5, 0.6) is 5.75 Å². The van der Waals surface area contributed by atoms with Gasteiger partial charge >= 0.3 is 0 Å². The van der Waals surface area contributed by atoms with Crippen molar-refractivity contribution in [1.29, 1.82) is 0 Å². The van der Waals surface area contributed by atoms with Gasteiger partial charge in [0.2, 0.25) is 0 Å². The second-order valence-corrected chi connectivity index (χ2v) is 6.23. The van der Waals surface area contributed by atoms with E-state index in [-0.39, 0.29) is 11.9 Å². The molecule has 0 fully saturated rings. The van der Waals surface area contributed by atoms with Crippen molar-refractivity contribution in [2.75, 3.05) is 12.1 Å². The molecule has 0 aliphatic carbocycles. The molecule has 0 N–H and O–H groups in total. The van der Waals surface area contributed by atoms with Crippen LogP contribution in [0.3, 0.4) is 0 Å². The van der Waals surface area contributed by atoms with Gasteiger partial charge < -0.3 is 4.74 Å². The van der Waals surface area contributed by atoms with E-state index < -0.39 is 0 Å². The van der Waals surface area contributed by atoms with E-state index in [2.05, 4.69) is 12.1 Å². The van der Waals surface area contributed by atoms with Crippen LogP contribution in [0.4, 0.5) is 10.1 Å². The first-order valence-electron chi connectivity index (χ1n) is 8.56. The third-order valence-electron chi connectivity index (χ3n) is 4.61. The Hall–Kier alpha value is -3.14. The Morgan fingerprint density at radius 2 is 1.62 bits per heavy atom. The number of hydrazone groups is 1. The number of hydrogen-bond acceptors (Lipinski definition) is 3. The fraction of sp³-hybridized carbons (Fsp3) is 0.136. The molecule has 0 spiro atoms. The van der Waals surface area contributed by atoms with Gasteiger partial charge in [-0.05, 0) is 47.5 Å². The molecule has 26 heavy (non-hydrogen) atoms. The summed E-state index contributed by atoms with van der Waals surface area (Å²) in [5.74, 6) is 0.594. The molecule has 3 aromatic rings. The zero-order valence-electron chi connectivity index (χ0n) is 14.5. The third kappa shape index (κ3) is 3.18. The highest BCUT2D eigenvalue weighted by molar-refractivity contribution is 6.03. The normalized spacial score (nSPS) is 16.5. The van der Waals surface area contributed by atoms with Crippen LogP contribution in [0, 0.1) is 5.82 Å². The largest absolute Gasteiger partial charge is 0.497 e. The smallest absolute Gasteiger partial charge is 0.123 e. The summed E-state index contributed by atoms with van der Waals surface area (Å²) in [6.07, 6.45) is 0.757. The predicted octanol–water partition coefficient (Wildman–Crippen LogP) is 5.19. The topological polar surface area (TPSA) is 24.8 Å². The minimum Gasteiger partial charge on any atom is -0.497 e. The second-order valence-electron chi connectivity index (χ2n) is 6.23. The van der Waals surface area contributed by atoms with Crippen molar-refractivity contribution in [3.05, 3.63) is 95.8 Å². The molecule has 1 heterocycles. The summed E-state index contributed by atoms with van der Waals surface area (Å²) in [4.78, 5) is 0. The first-order valence-corrected chi connectivity index (χ1v) is 8.56. The molecule has 0 bridgehead atoms. The lowest BCUT2D eigenvalue weighted by molar-refractivity contribution is 0.414. The molecular weight excluding hydrogens is 327 g/mol. The number of para-hydroxylation sites is 1. The van der Waals surface area contributed by atoms with Crippen molar-refractivity contribution in [3.63, 3.8) is 0 Å². The van der Waals surface area contributed by atoms with Gasteiger partial charge in [0.25, 0.3) is 0 Å². The summed E-state index contributed by atoms with van der Waals surface area (Å²) >= 11 is 0. The number of rotatable bonds is 4. The number of nitrogens with zero attached hydrogens (tertiary/aromatic N) is 2. The third-order valence-corrected chi connectivity index (χ3v) is 4.61. The van der Waals surface area contributed by atoms with E-state index in [4.69, 9.17) is 9.84 Å². The van der Waals surface area contributed by atoms with Crippen molar-refractivity contribution in [1.82, 2.24) is 0 Å². The number of benzene rings is 3. The molecule has 4 heteroatoms. The van der Waals surface area contributed by atoms with Gasteiger partial charge in [-0.3, -0.25) is 5.01 Å². The van der Waals surface area contributed by atoms with E-state index in [1.807, 2.05) is 47.5 Å². The minimum absolute atomic E-state index is 0.0864. The van der Waals surface area contributed by atoms with Crippen LogP contribution in [0.1, 0.15) is 23.6 Å². The highest BCUT2D eigenvalue weighted by atomic mass is 19.1. The molecule has 0 saturated heterocycles. The van der Waals surface area contributed by atoms with Crippen LogP contribution in [-0.2, 0) is 0 Å². The number of hydrogen-bond donors (Lipinski definition) is 0. The SMILES string of the molecule is COc1ccc([C@@H]2CC(c3ccc(F)cc3)=NN2c2ccccc2)cc1. The zero-order valence-corrected chi connectivity index (χ0v) is 14.5. The van der Waals surface area contributed by atoms with Crippen LogP contribution in [0.2, 0.25) is 0 Å². The lowest BCUT2D eigenvalue weighted by atomic mass is 9.98. The number of halogens is 1. The average molecular weight is 346 g/mol. The van der Waals surface area contributed by atoms with E-state index >= 15 is 0 Å². The molecule has 1 aliphatic rings. The predicted molar refractivity (Wildman–Crippen MR) is 102 cm³/mol. The molecule has 1 atom stereocenters. The standard InChI is InChI=1S/C22H19FN2O/c1-26-20-13-9-17(10-14-20)22-15-21(16-7-11-18(23)12-8-16)24-25(22)19-5-3-2-4-6-19/h2-14,22H,15H2,1H3/t22-/m0/s1. The average Bonchev–Trinajstić information content (AvgIpc) is 3.15. The van der Waals surface area contributed by atoms with Gasteiger partial charge in [0.05, 0.1) is 24.6 Å². The molecule has 0 aromatic heterocycles. The monoisotopic (exact) mass is 346 g/mol. The number of ether oxygens (including phenoxy) is 1. The van der Waals surface area contributed by atoms with Gasteiger partial charge in [0, 0.05) is 6.42 Å². The molecule has 0 unspecified atom stereocenters. The van der Waals surface area contributed by atoms with Crippen molar-refractivity contribution >= 4 is 11.4 Å². The molecule has 0 amide bonds. The molecule has 130 valence electrons. The molecule has 4 rings (SSSR count). The van der Waals surface area contributed by atoms with Crippen LogP contribution >= 0.6 is 0 Å². The summed E-state index contributed by atoms with van der Waals surface area (Å²) in [6.45, 7) is 0. The Labute approximate surface area is 152 Å². The van der Waals surface area contributed by atoms with Crippen LogP contribution in [-0.4, -0.2) is 12.8 Å². The van der Waals surface area contributed by atoms with Gasteiger partial charge in [0.15, 0.2) is 0 Å². The van der Waals surface area contributed by atoms with E-state index in [0.29, 0.717) is 0 Å². The molecule has 3 aromatic carbocycles. The van der Waals surface area contributed by atoms with Crippen molar-refractivity contribution in [3.8, 4) is 5.75 Å². The Bertz CT molecular complexity index is 905. The zero-order chi connectivity index (χ0) is 17.9. The maximum absolute atomic E-state index is 13.3. The number of anilines is 1. The Morgan fingerprint density at radius 1 is 0.923 bits per heavy atom. The first-order chi connectivity index (χ1) is 12.7. The molecule has 3 nitrogen and oxygen atoms in total. The molecular formula is C22H19FN2O. The Morgan fingerprint density at radius 3 is 2.27 bits per heavy atom. The van der Waals surface area contributed by atoms with Gasteiger partial charge in [-0.2, -0.15) is 5.10 Å². The summed E-state index contributed by atoms with van der Waals surface area (Å²) in [5.41, 5.74) is 4.10. The van der Waals surface area contributed by atoms with E-state index in [9.17, 15) is 4.39 Å². The quantitative estimate of drug-likeness (QED) is 0.649. The summed E-state index contributed by atoms with van der Waals surface area (Å²) in [7, 11) is 1.66. The fourth-order valence-corrected chi connectivity index (χ4v) is 3.23. The summed E-state index contributed by atoms with van der Waals surface area (Å²) < 4.78 is 18.5. The maximum Gasteiger partial charge on any atom is 0.123 e. The maximum atomic E-state index is 13.3. The van der Waals surface area contributed by atoms with Gasteiger partial charge in [-0.25, -0.2) is 4.39 Å². The lowest BCUT2D eigenvalue weighted by Crippen LogP contribution is -2.18. The second kappa shape index (κ2) is 7.00. The van der Waals surface area contributed by atoms with Gasteiger partial charge in [-0.15, -0.1) is 0 Å². The molecule has 0 saturated carbocycles. The van der Waals surface area contributed by atoms with Crippen molar-refractivity contribution in [2.45, 2.75) is 12.5 Å². The van der Waals surface area contributed by atoms with Gasteiger partial charge in [-0.1, -0.05) is 42.5 Å². The van der Waals surface area contributed by atoms with Gasteiger partial charge in [0.1, 0.15) is 11.6 Å².